The summed E-state index contributed by atoms with van der Waals surface area (Å²) in [4.78, 5) is 11.3. The molecule has 4 N–H and O–H groups in total. The van der Waals surface area contributed by atoms with E-state index in [4.69, 9.17) is 0 Å². The normalized spacial score (nSPS) is 12.2. The van der Waals surface area contributed by atoms with Crippen LogP contribution in [0.1, 0.15) is 63.9 Å². The quantitative estimate of drug-likeness (QED) is 0.324. The second-order valence-electron chi connectivity index (χ2n) is 6.35. The van der Waals surface area contributed by atoms with Gasteiger partial charge in [-0.1, -0.05) is 57.9 Å². The number of aliphatic carboxylic acids is 1. The molecule has 0 amide bonds. The molecule has 1 aromatic carbocycles. The average molecular weight is 337 g/mol. The highest BCUT2D eigenvalue weighted by atomic mass is 16.4. The fraction of sp³-hybridized carbons (Fsp3) is 0.632. The first-order valence-electron chi connectivity index (χ1n) is 9.01. The zero-order valence-corrected chi connectivity index (χ0v) is 14.6. The van der Waals surface area contributed by atoms with E-state index in [0.29, 0.717) is 12.1 Å². The van der Waals surface area contributed by atoms with Crippen LogP contribution in [-0.4, -0.2) is 33.9 Å². The number of phenols is 2. The molecule has 0 unspecified atom stereocenters. The van der Waals surface area contributed by atoms with E-state index in [2.05, 4.69) is 12.2 Å². The summed E-state index contributed by atoms with van der Waals surface area (Å²) in [6.45, 7) is 2.89. The number of hydrogen-bond donors (Lipinski definition) is 4. The fourth-order valence-corrected chi connectivity index (χ4v) is 2.71. The van der Waals surface area contributed by atoms with Gasteiger partial charge >= 0.3 is 5.97 Å². The maximum atomic E-state index is 11.3. The minimum absolute atomic E-state index is 0.197. The Morgan fingerprint density at radius 3 is 2.21 bits per heavy atom. The molecule has 136 valence electrons. The van der Waals surface area contributed by atoms with Gasteiger partial charge < -0.3 is 20.6 Å². The van der Waals surface area contributed by atoms with Crippen LogP contribution >= 0.6 is 0 Å². The monoisotopic (exact) mass is 337 g/mol. The Balaban J connectivity index is 2.24. The standard InChI is InChI=1S/C19H31NO4/c1-2-3-4-5-6-7-8-9-12-20-16(19(23)24)13-15-10-11-17(21)18(22)14-15/h10-11,14,16,20-22H,2-9,12-13H2,1H3,(H,23,24)/t16-/m0/s1. The molecule has 0 fully saturated rings. The van der Waals surface area contributed by atoms with E-state index in [1.54, 1.807) is 6.07 Å². The van der Waals surface area contributed by atoms with Crippen molar-refractivity contribution in [2.75, 3.05) is 6.54 Å². The molecule has 0 aliphatic carbocycles. The third-order valence-electron chi connectivity index (χ3n) is 4.20. The van der Waals surface area contributed by atoms with Crippen LogP contribution < -0.4 is 5.32 Å². The van der Waals surface area contributed by atoms with Gasteiger partial charge in [-0.3, -0.25) is 4.79 Å². The molecule has 0 radical (unpaired) electrons. The number of benzene rings is 1. The van der Waals surface area contributed by atoms with Gasteiger partial charge in [-0.25, -0.2) is 0 Å². The number of hydrogen-bond acceptors (Lipinski definition) is 4. The predicted molar refractivity (Wildman–Crippen MR) is 95.5 cm³/mol. The van der Waals surface area contributed by atoms with Gasteiger partial charge in [-0.05, 0) is 37.1 Å². The summed E-state index contributed by atoms with van der Waals surface area (Å²) in [5.74, 6) is -1.32. The molecule has 0 heterocycles. The Labute approximate surface area is 144 Å². The second-order valence-corrected chi connectivity index (χ2v) is 6.35. The second kappa shape index (κ2) is 11.7. The van der Waals surface area contributed by atoms with Gasteiger partial charge in [0.2, 0.25) is 0 Å². The lowest BCUT2D eigenvalue weighted by molar-refractivity contribution is -0.139. The van der Waals surface area contributed by atoms with Crippen molar-refractivity contribution >= 4 is 5.97 Å². The molecule has 0 saturated carbocycles. The third-order valence-corrected chi connectivity index (χ3v) is 4.20. The van der Waals surface area contributed by atoms with Crippen LogP contribution in [0.5, 0.6) is 11.5 Å². The van der Waals surface area contributed by atoms with Crippen LogP contribution in [0.4, 0.5) is 0 Å². The number of nitrogens with one attached hydrogen (secondary N) is 1. The van der Waals surface area contributed by atoms with Crippen molar-refractivity contribution in [3.63, 3.8) is 0 Å². The van der Waals surface area contributed by atoms with Crippen LogP contribution in [0.3, 0.4) is 0 Å². The van der Waals surface area contributed by atoms with Crippen LogP contribution in [0.15, 0.2) is 18.2 Å². The molecule has 0 aliphatic heterocycles. The van der Waals surface area contributed by atoms with Gasteiger partial charge in [0.05, 0.1) is 0 Å². The number of carbonyl (C=O) groups is 1. The van der Waals surface area contributed by atoms with Crippen molar-refractivity contribution in [2.24, 2.45) is 0 Å². The number of unbranched alkanes of at least 4 members (excludes halogenated alkanes) is 7. The van der Waals surface area contributed by atoms with E-state index in [9.17, 15) is 20.1 Å². The maximum Gasteiger partial charge on any atom is 0.321 e. The van der Waals surface area contributed by atoms with Gasteiger partial charge in [0.15, 0.2) is 11.5 Å². The van der Waals surface area contributed by atoms with Crippen molar-refractivity contribution < 1.29 is 20.1 Å². The number of aromatic hydroxyl groups is 2. The number of phenolic OH excluding ortho intramolecular Hbond substituents is 2. The van der Waals surface area contributed by atoms with Crippen molar-refractivity contribution in [1.82, 2.24) is 5.32 Å². The minimum atomic E-state index is -0.901. The molecular formula is C19H31NO4. The molecule has 0 bridgehead atoms. The van der Waals surface area contributed by atoms with E-state index in [1.807, 2.05) is 0 Å². The van der Waals surface area contributed by atoms with Gasteiger partial charge in [0.1, 0.15) is 6.04 Å². The molecule has 1 aromatic rings. The lowest BCUT2D eigenvalue weighted by atomic mass is 10.0. The summed E-state index contributed by atoms with van der Waals surface area (Å²) in [5, 5.41) is 31.2. The molecule has 1 rings (SSSR count). The molecule has 5 heteroatoms. The molecule has 0 aliphatic rings. The molecular weight excluding hydrogens is 306 g/mol. The Morgan fingerprint density at radius 1 is 1.00 bits per heavy atom. The summed E-state index contributed by atoms with van der Waals surface area (Å²) in [6, 6.07) is 3.73. The molecule has 5 nitrogen and oxygen atoms in total. The smallest absolute Gasteiger partial charge is 0.321 e. The number of rotatable bonds is 13. The summed E-state index contributed by atoms with van der Waals surface area (Å²) >= 11 is 0. The highest BCUT2D eigenvalue weighted by Crippen LogP contribution is 2.25. The molecule has 0 spiro atoms. The number of carboxylic acid groups (broad SMARTS) is 1. The SMILES string of the molecule is CCCCCCCCCCN[C@@H](Cc1ccc(O)c(O)c1)C(=O)O. The zero-order chi connectivity index (χ0) is 17.8. The third kappa shape index (κ3) is 8.20. The fourth-order valence-electron chi connectivity index (χ4n) is 2.71. The topological polar surface area (TPSA) is 89.8 Å². The summed E-state index contributed by atoms with van der Waals surface area (Å²) in [5.41, 5.74) is 0.682. The molecule has 0 saturated heterocycles. The van der Waals surface area contributed by atoms with Gasteiger partial charge in [0, 0.05) is 0 Å². The van der Waals surface area contributed by atoms with Gasteiger partial charge in [0.25, 0.3) is 0 Å². The van der Waals surface area contributed by atoms with Crippen molar-refractivity contribution in [2.45, 2.75) is 70.8 Å². The van der Waals surface area contributed by atoms with Crippen molar-refractivity contribution in [3.05, 3.63) is 23.8 Å². The largest absolute Gasteiger partial charge is 0.504 e. The Kier molecular flexibility index (Phi) is 9.92. The first kappa shape index (κ1) is 20.3. The van der Waals surface area contributed by atoms with E-state index >= 15 is 0 Å². The van der Waals surface area contributed by atoms with E-state index in [1.165, 1.54) is 50.7 Å². The van der Waals surface area contributed by atoms with Crippen LogP contribution in [0.2, 0.25) is 0 Å². The molecule has 24 heavy (non-hydrogen) atoms. The Hall–Kier alpha value is -1.75. The Bertz CT molecular complexity index is 490. The number of carboxylic acids is 1. The maximum absolute atomic E-state index is 11.3. The Morgan fingerprint density at radius 2 is 1.62 bits per heavy atom. The van der Waals surface area contributed by atoms with Gasteiger partial charge in [-0.15, -0.1) is 0 Å². The summed E-state index contributed by atoms with van der Waals surface area (Å²) in [6.07, 6.45) is 10.0. The van der Waals surface area contributed by atoms with Crippen molar-refractivity contribution in [3.8, 4) is 11.5 Å². The van der Waals surface area contributed by atoms with E-state index in [-0.39, 0.29) is 17.9 Å². The predicted octanol–water partition coefficient (Wildman–Crippen LogP) is 3.82. The average Bonchev–Trinajstić information content (AvgIpc) is 2.55. The molecule has 1 atom stereocenters. The van der Waals surface area contributed by atoms with Crippen LogP contribution in [0, 0.1) is 0 Å². The van der Waals surface area contributed by atoms with Gasteiger partial charge in [-0.2, -0.15) is 0 Å². The highest BCUT2D eigenvalue weighted by molar-refractivity contribution is 5.74. The van der Waals surface area contributed by atoms with Crippen LogP contribution in [0.25, 0.3) is 0 Å². The van der Waals surface area contributed by atoms with E-state index in [0.717, 1.165) is 12.8 Å². The van der Waals surface area contributed by atoms with E-state index < -0.39 is 12.0 Å². The minimum Gasteiger partial charge on any atom is -0.504 e. The first-order chi connectivity index (χ1) is 11.5. The summed E-state index contributed by atoms with van der Waals surface area (Å²) in [7, 11) is 0. The lowest BCUT2D eigenvalue weighted by Gasteiger charge is -2.15. The molecule has 0 aromatic heterocycles. The van der Waals surface area contributed by atoms with Crippen molar-refractivity contribution in [1.29, 1.82) is 0 Å². The first-order valence-corrected chi connectivity index (χ1v) is 9.01. The highest BCUT2D eigenvalue weighted by Gasteiger charge is 2.17. The zero-order valence-electron chi connectivity index (χ0n) is 14.6. The lowest BCUT2D eigenvalue weighted by Crippen LogP contribution is -2.39. The summed E-state index contributed by atoms with van der Waals surface area (Å²) < 4.78 is 0. The van der Waals surface area contributed by atoms with Crippen LogP contribution in [-0.2, 0) is 11.2 Å².